The molecule has 10 heteroatoms. The van der Waals surface area contributed by atoms with Gasteiger partial charge in [-0.25, -0.2) is 9.07 Å². The van der Waals surface area contributed by atoms with Crippen LogP contribution in [-0.2, 0) is 13.3 Å². The van der Waals surface area contributed by atoms with Crippen LogP contribution in [0.2, 0.25) is 10.0 Å². The van der Waals surface area contributed by atoms with Crippen molar-refractivity contribution in [2.75, 3.05) is 5.32 Å². The predicted molar refractivity (Wildman–Crippen MR) is 124 cm³/mol. The van der Waals surface area contributed by atoms with Gasteiger partial charge in [-0.3, -0.25) is 9.48 Å². The molecule has 170 valence electrons. The van der Waals surface area contributed by atoms with Crippen molar-refractivity contribution in [1.82, 2.24) is 19.6 Å². The molecule has 0 fully saturated rings. The first-order valence-electron chi connectivity index (χ1n) is 10.0. The first-order valence-corrected chi connectivity index (χ1v) is 10.8. The second-order valence-electron chi connectivity index (χ2n) is 7.37. The van der Waals surface area contributed by atoms with Crippen molar-refractivity contribution in [3.63, 3.8) is 0 Å². The van der Waals surface area contributed by atoms with Crippen LogP contribution < -0.4 is 10.1 Å². The molecule has 0 spiro atoms. The number of hydrogen-bond donors (Lipinski definition) is 1. The quantitative estimate of drug-likeness (QED) is 0.374. The summed E-state index contributed by atoms with van der Waals surface area (Å²) in [6, 6.07) is 13.2. The Kier molecular flexibility index (Phi) is 6.67. The molecular weight excluding hydrogens is 468 g/mol. The van der Waals surface area contributed by atoms with E-state index in [0.29, 0.717) is 28.7 Å². The number of rotatable bonds is 7. The van der Waals surface area contributed by atoms with Crippen molar-refractivity contribution in [2.45, 2.75) is 27.1 Å². The second-order valence-corrected chi connectivity index (χ2v) is 8.22. The zero-order valence-electron chi connectivity index (χ0n) is 17.8. The number of amides is 1. The fraction of sp³-hybridized carbons (Fsp3) is 0.174. The number of carbonyl (C=O) groups excluding carboxylic acids is 1. The Hall–Kier alpha value is -3.36. The molecule has 0 bridgehead atoms. The van der Waals surface area contributed by atoms with Gasteiger partial charge in [0.2, 0.25) is 0 Å². The van der Waals surface area contributed by atoms with Gasteiger partial charge in [-0.05, 0) is 49.7 Å². The molecule has 1 N–H and O–H groups in total. The lowest BCUT2D eigenvalue weighted by Crippen LogP contribution is -2.15. The van der Waals surface area contributed by atoms with Gasteiger partial charge in [0.05, 0.1) is 28.6 Å². The van der Waals surface area contributed by atoms with Crippen LogP contribution in [0, 0.1) is 19.7 Å². The Morgan fingerprint density at radius 2 is 1.85 bits per heavy atom. The molecule has 0 radical (unpaired) electrons. The largest absolute Gasteiger partial charge is 0.471 e. The van der Waals surface area contributed by atoms with Crippen molar-refractivity contribution >= 4 is 34.8 Å². The Balaban J connectivity index is 1.41. The summed E-state index contributed by atoms with van der Waals surface area (Å²) in [5.74, 6) is -0.498. The first kappa shape index (κ1) is 22.8. The lowest BCUT2D eigenvalue weighted by Gasteiger charge is -2.07. The lowest BCUT2D eigenvalue weighted by molar-refractivity contribution is 0.102. The van der Waals surface area contributed by atoms with Crippen LogP contribution in [-0.4, -0.2) is 25.5 Å². The monoisotopic (exact) mass is 487 g/mol. The topological polar surface area (TPSA) is 74.0 Å². The fourth-order valence-electron chi connectivity index (χ4n) is 3.23. The highest BCUT2D eigenvalue weighted by Crippen LogP contribution is 2.23. The van der Waals surface area contributed by atoms with Crippen LogP contribution >= 0.6 is 23.2 Å². The molecule has 0 unspecified atom stereocenters. The van der Waals surface area contributed by atoms with E-state index in [0.717, 1.165) is 11.3 Å². The molecule has 0 saturated carbocycles. The second kappa shape index (κ2) is 9.64. The van der Waals surface area contributed by atoms with Crippen LogP contribution in [0.4, 0.5) is 10.1 Å². The van der Waals surface area contributed by atoms with E-state index in [9.17, 15) is 9.18 Å². The molecule has 0 aliphatic rings. The van der Waals surface area contributed by atoms with Gasteiger partial charge in [-0.15, -0.1) is 0 Å². The average molecular weight is 488 g/mol. The van der Waals surface area contributed by atoms with Gasteiger partial charge < -0.3 is 10.1 Å². The normalized spacial score (nSPS) is 10.9. The number of hydrogen-bond acceptors (Lipinski definition) is 4. The van der Waals surface area contributed by atoms with E-state index in [1.165, 1.54) is 22.9 Å². The van der Waals surface area contributed by atoms with Gasteiger partial charge in [0.15, 0.2) is 12.4 Å². The minimum Gasteiger partial charge on any atom is -0.471 e. The molecule has 4 rings (SSSR count). The fourth-order valence-corrected chi connectivity index (χ4v) is 3.53. The Morgan fingerprint density at radius 1 is 1.09 bits per heavy atom. The molecular formula is C23H20Cl2FN5O2. The highest BCUT2D eigenvalue weighted by Gasteiger charge is 2.17. The molecule has 0 aliphatic carbocycles. The molecule has 4 aromatic rings. The third-order valence-corrected chi connectivity index (χ3v) is 5.54. The van der Waals surface area contributed by atoms with E-state index in [-0.39, 0.29) is 23.4 Å². The number of carbonyl (C=O) groups is 1. The molecule has 1 amide bonds. The van der Waals surface area contributed by atoms with Crippen LogP contribution in [0.5, 0.6) is 5.75 Å². The van der Waals surface area contributed by atoms with Crippen LogP contribution in [0.25, 0.3) is 0 Å². The van der Waals surface area contributed by atoms with Gasteiger partial charge in [-0.1, -0.05) is 35.3 Å². The summed E-state index contributed by atoms with van der Waals surface area (Å²) >= 11 is 11.7. The van der Waals surface area contributed by atoms with Crippen LogP contribution in [0.3, 0.4) is 0 Å². The molecule has 0 aliphatic heterocycles. The van der Waals surface area contributed by atoms with E-state index in [1.54, 1.807) is 12.3 Å². The maximum absolute atomic E-state index is 13.3. The molecule has 2 aromatic heterocycles. The molecule has 0 saturated heterocycles. The minimum absolute atomic E-state index is 0.0321. The zero-order chi connectivity index (χ0) is 23.5. The van der Waals surface area contributed by atoms with Crippen LogP contribution in [0.1, 0.15) is 27.4 Å². The summed E-state index contributed by atoms with van der Waals surface area (Å²) in [5.41, 5.74) is 3.43. The SMILES string of the molecule is Cc1nn(Cc2ccc(Cl)cc2)c(C)c1NC(=O)c1ccn(COc2ccc(F)c(Cl)c2)n1. The predicted octanol–water partition coefficient (Wildman–Crippen LogP) is 5.48. The number of aromatic nitrogens is 4. The van der Waals surface area contributed by atoms with Crippen molar-refractivity contribution in [2.24, 2.45) is 0 Å². The summed E-state index contributed by atoms with van der Waals surface area (Å²) in [4.78, 5) is 12.8. The number of ether oxygens (including phenoxy) is 1. The Morgan fingerprint density at radius 3 is 2.58 bits per heavy atom. The number of aryl methyl sites for hydroxylation is 1. The number of halogens is 3. The van der Waals surface area contributed by atoms with Gasteiger partial charge in [-0.2, -0.15) is 10.2 Å². The van der Waals surface area contributed by atoms with Gasteiger partial charge in [0.1, 0.15) is 11.6 Å². The van der Waals surface area contributed by atoms with Gasteiger partial charge in [0.25, 0.3) is 5.91 Å². The Bertz CT molecular complexity index is 1300. The highest BCUT2D eigenvalue weighted by atomic mass is 35.5. The summed E-state index contributed by atoms with van der Waals surface area (Å²) < 4.78 is 22.1. The van der Waals surface area contributed by atoms with Gasteiger partial charge >= 0.3 is 0 Å². The highest BCUT2D eigenvalue weighted by molar-refractivity contribution is 6.31. The maximum atomic E-state index is 13.3. The van der Waals surface area contributed by atoms with E-state index >= 15 is 0 Å². The average Bonchev–Trinajstić information content (AvgIpc) is 3.37. The molecule has 7 nitrogen and oxygen atoms in total. The molecule has 2 aromatic carbocycles. The number of anilines is 1. The Labute approximate surface area is 199 Å². The van der Waals surface area contributed by atoms with E-state index in [4.69, 9.17) is 27.9 Å². The third-order valence-electron chi connectivity index (χ3n) is 4.99. The minimum atomic E-state index is -0.524. The van der Waals surface area contributed by atoms with Gasteiger partial charge in [0, 0.05) is 17.3 Å². The lowest BCUT2D eigenvalue weighted by atomic mass is 10.2. The smallest absolute Gasteiger partial charge is 0.276 e. The first-order chi connectivity index (χ1) is 15.8. The van der Waals surface area contributed by atoms with E-state index < -0.39 is 5.82 Å². The van der Waals surface area contributed by atoms with Crippen LogP contribution in [0.15, 0.2) is 54.7 Å². The zero-order valence-corrected chi connectivity index (χ0v) is 19.4. The summed E-state index contributed by atoms with van der Waals surface area (Å²) in [5, 5.41) is 12.3. The van der Waals surface area contributed by atoms with E-state index in [2.05, 4.69) is 15.5 Å². The number of nitrogens with zero attached hydrogens (tertiary/aromatic N) is 4. The van der Waals surface area contributed by atoms with E-state index in [1.807, 2.05) is 42.8 Å². The summed E-state index contributed by atoms with van der Waals surface area (Å²) in [6.45, 7) is 4.32. The molecule has 0 atom stereocenters. The van der Waals surface area contributed by atoms with Crippen molar-refractivity contribution in [3.05, 3.63) is 93.2 Å². The maximum Gasteiger partial charge on any atom is 0.276 e. The molecule has 33 heavy (non-hydrogen) atoms. The number of nitrogens with one attached hydrogen (secondary N) is 1. The van der Waals surface area contributed by atoms with Crippen molar-refractivity contribution < 1.29 is 13.9 Å². The van der Waals surface area contributed by atoms with Crippen molar-refractivity contribution in [3.8, 4) is 5.75 Å². The van der Waals surface area contributed by atoms with Crippen molar-refractivity contribution in [1.29, 1.82) is 0 Å². The molecule has 2 heterocycles. The number of benzene rings is 2. The third kappa shape index (κ3) is 5.35. The standard InChI is InChI=1S/C23H20Cl2FN5O2/c1-14-22(15(2)31(28-14)12-16-3-5-17(24)6-4-16)27-23(32)21-9-10-30(29-21)13-33-18-7-8-20(26)19(25)11-18/h3-11H,12-13H2,1-2H3,(H,27,32). The summed E-state index contributed by atoms with van der Waals surface area (Å²) in [6.07, 6.45) is 1.61. The summed E-state index contributed by atoms with van der Waals surface area (Å²) in [7, 11) is 0.